The molecule has 0 aliphatic heterocycles. The van der Waals surface area contributed by atoms with Gasteiger partial charge in [-0.25, -0.2) is 0 Å². The van der Waals surface area contributed by atoms with Crippen molar-refractivity contribution in [2.75, 3.05) is 0 Å². The molecule has 0 fully saturated rings. The van der Waals surface area contributed by atoms with Crippen LogP contribution in [0.5, 0.6) is 0 Å². The summed E-state index contributed by atoms with van der Waals surface area (Å²) < 4.78 is 0. The molecule has 0 saturated carbocycles. The van der Waals surface area contributed by atoms with E-state index in [1.807, 2.05) is 0 Å². The minimum Gasteiger partial charge on any atom is -0.358 e. The summed E-state index contributed by atoms with van der Waals surface area (Å²) in [6.07, 6.45) is 0. The van der Waals surface area contributed by atoms with Crippen molar-refractivity contribution in [3.05, 3.63) is 96.8 Å². The molecule has 27 heavy (non-hydrogen) atoms. The van der Waals surface area contributed by atoms with E-state index in [4.69, 9.17) is 0 Å². The molecule has 0 nitrogen and oxygen atoms in total. The van der Waals surface area contributed by atoms with Crippen molar-refractivity contribution in [2.24, 2.45) is 0 Å². The van der Waals surface area contributed by atoms with Crippen LogP contribution in [0.15, 0.2) is 48.5 Å². The molecule has 140 valence electrons. The number of aryl methyl sites for hydroxylation is 6. The Kier molecular flexibility index (Phi) is 9.62. The average molecular weight is 523 g/mol. The molecular weight excluding hydrogens is 491 g/mol. The van der Waals surface area contributed by atoms with Gasteiger partial charge in [-0.15, -0.1) is 56.9 Å². The number of hydrogen-bond acceptors (Lipinski definition) is 0. The molecule has 0 bridgehead atoms. The van der Waals surface area contributed by atoms with Crippen LogP contribution in [0.2, 0.25) is 0 Å². The minimum atomic E-state index is 0. The van der Waals surface area contributed by atoms with Gasteiger partial charge in [0, 0.05) is 0 Å². The molecule has 0 spiro atoms. The maximum absolute atomic E-state index is 2.28. The third kappa shape index (κ3) is 5.29. The molecule has 0 atom stereocenters. The number of benzene rings is 2. The monoisotopic (exact) mass is 524 g/mol. The molecular formula is C26H32Hf. The maximum Gasteiger partial charge on any atom is 4.00 e. The smallest absolute Gasteiger partial charge is 0.358 e. The van der Waals surface area contributed by atoms with E-state index in [0.717, 1.165) is 0 Å². The van der Waals surface area contributed by atoms with Gasteiger partial charge in [-0.1, -0.05) is 36.1 Å². The van der Waals surface area contributed by atoms with Gasteiger partial charge in [0.25, 0.3) is 0 Å². The quantitative estimate of drug-likeness (QED) is 0.163. The summed E-state index contributed by atoms with van der Waals surface area (Å²) in [5, 5.41) is 5.54. The molecule has 0 heterocycles. The number of rotatable bonds is 0. The van der Waals surface area contributed by atoms with Crippen LogP contribution >= 0.6 is 0 Å². The molecule has 0 saturated heterocycles. The molecule has 1 heteroatoms. The Hall–Kier alpha value is -1.47. The van der Waals surface area contributed by atoms with E-state index in [1.165, 1.54) is 54.9 Å². The molecule has 0 amide bonds. The predicted octanol–water partition coefficient (Wildman–Crippen LogP) is 7.87. The van der Waals surface area contributed by atoms with Crippen LogP contribution < -0.4 is 0 Å². The standard InChI is InChI=1S/2C12H13.2CH3.Hf/c2*1-8-4-5-11-6-9(2)10(3)7-12(8)11;;;/h2*4-7H,1-3H3;2*1H3;/q4*-1;+4. The second kappa shape index (κ2) is 10.2. The van der Waals surface area contributed by atoms with Crippen LogP contribution in [0.25, 0.3) is 21.5 Å². The summed E-state index contributed by atoms with van der Waals surface area (Å²) in [5.41, 5.74) is 8.30. The fourth-order valence-electron chi connectivity index (χ4n) is 3.24. The van der Waals surface area contributed by atoms with Crippen molar-refractivity contribution < 1.29 is 25.8 Å². The third-order valence-corrected chi connectivity index (χ3v) is 5.21. The van der Waals surface area contributed by atoms with Crippen LogP contribution in [-0.4, -0.2) is 0 Å². The Balaban J connectivity index is 0.000000451. The van der Waals surface area contributed by atoms with Crippen molar-refractivity contribution in [3.8, 4) is 0 Å². The first-order chi connectivity index (χ1) is 11.4. The van der Waals surface area contributed by atoms with Gasteiger partial charge in [-0.3, -0.25) is 0 Å². The fourth-order valence-corrected chi connectivity index (χ4v) is 3.24. The largest absolute Gasteiger partial charge is 4.00 e. The Morgan fingerprint density at radius 3 is 1.19 bits per heavy atom. The van der Waals surface area contributed by atoms with E-state index >= 15 is 0 Å². The Morgan fingerprint density at radius 1 is 0.556 bits per heavy atom. The Labute approximate surface area is 185 Å². The molecule has 4 aromatic rings. The van der Waals surface area contributed by atoms with E-state index in [-0.39, 0.29) is 40.7 Å². The summed E-state index contributed by atoms with van der Waals surface area (Å²) in [7, 11) is 0. The zero-order chi connectivity index (χ0) is 17.4. The summed E-state index contributed by atoms with van der Waals surface area (Å²) in [6.45, 7) is 13.0. The Morgan fingerprint density at radius 2 is 0.852 bits per heavy atom. The summed E-state index contributed by atoms with van der Waals surface area (Å²) in [4.78, 5) is 0. The van der Waals surface area contributed by atoms with Crippen molar-refractivity contribution in [1.82, 2.24) is 0 Å². The van der Waals surface area contributed by atoms with Gasteiger partial charge >= 0.3 is 25.8 Å². The van der Waals surface area contributed by atoms with Gasteiger partial charge < -0.3 is 14.9 Å². The summed E-state index contributed by atoms with van der Waals surface area (Å²) in [5.74, 6) is 0. The molecule has 0 aromatic heterocycles. The van der Waals surface area contributed by atoms with Gasteiger partial charge in [-0.05, 0) is 27.7 Å². The Bertz CT molecular complexity index is 928. The molecule has 0 N–H and O–H groups in total. The van der Waals surface area contributed by atoms with E-state index in [0.29, 0.717) is 0 Å². The molecule has 0 radical (unpaired) electrons. The average Bonchev–Trinajstić information content (AvgIpc) is 3.06. The second-order valence-corrected chi connectivity index (χ2v) is 7.08. The van der Waals surface area contributed by atoms with Crippen LogP contribution in [0.3, 0.4) is 0 Å². The van der Waals surface area contributed by atoms with Crippen molar-refractivity contribution in [3.63, 3.8) is 0 Å². The van der Waals surface area contributed by atoms with Crippen molar-refractivity contribution in [2.45, 2.75) is 41.5 Å². The van der Waals surface area contributed by atoms with Crippen molar-refractivity contribution >= 4 is 21.5 Å². The number of hydrogen-bond donors (Lipinski definition) is 0. The van der Waals surface area contributed by atoms with Gasteiger partial charge in [0.2, 0.25) is 0 Å². The molecule has 0 aliphatic carbocycles. The van der Waals surface area contributed by atoms with E-state index in [1.54, 1.807) is 0 Å². The normalized spacial score (nSPS) is 9.70. The van der Waals surface area contributed by atoms with Gasteiger partial charge in [-0.2, -0.15) is 24.3 Å². The van der Waals surface area contributed by atoms with E-state index < -0.39 is 0 Å². The minimum absolute atomic E-state index is 0. The summed E-state index contributed by atoms with van der Waals surface area (Å²) in [6, 6.07) is 17.8. The van der Waals surface area contributed by atoms with Gasteiger partial charge in [0.1, 0.15) is 0 Å². The van der Waals surface area contributed by atoms with Crippen LogP contribution in [-0.2, 0) is 25.8 Å². The van der Waals surface area contributed by atoms with Crippen LogP contribution in [0.4, 0.5) is 0 Å². The predicted molar refractivity (Wildman–Crippen MR) is 120 cm³/mol. The SMILES string of the molecule is Cc1cc2cc[c-](C)c2cc1C.Cc1cc2cc[c-](C)c2cc1C.[CH3-].[CH3-].[Hf+4]. The zero-order valence-corrected chi connectivity index (χ0v) is 21.7. The van der Waals surface area contributed by atoms with E-state index in [9.17, 15) is 0 Å². The van der Waals surface area contributed by atoms with E-state index in [2.05, 4.69) is 90.1 Å². The zero-order valence-electron chi connectivity index (χ0n) is 18.1. The first-order valence-corrected chi connectivity index (χ1v) is 8.63. The molecule has 4 rings (SSSR count). The second-order valence-electron chi connectivity index (χ2n) is 7.08. The summed E-state index contributed by atoms with van der Waals surface area (Å²) >= 11 is 0. The third-order valence-electron chi connectivity index (χ3n) is 5.21. The molecule has 0 unspecified atom stereocenters. The van der Waals surface area contributed by atoms with Gasteiger partial charge in [0.15, 0.2) is 0 Å². The topological polar surface area (TPSA) is 0 Å². The molecule has 4 aromatic carbocycles. The van der Waals surface area contributed by atoms with Crippen molar-refractivity contribution in [1.29, 1.82) is 0 Å². The van der Waals surface area contributed by atoms with Gasteiger partial charge in [0.05, 0.1) is 0 Å². The van der Waals surface area contributed by atoms with Crippen LogP contribution in [0, 0.1) is 56.4 Å². The molecule has 0 aliphatic rings. The first kappa shape index (κ1) is 25.5. The fraction of sp³-hybridized carbons (Fsp3) is 0.231. The maximum atomic E-state index is 2.28. The number of fused-ring (bicyclic) bond motifs is 2. The van der Waals surface area contributed by atoms with Crippen LogP contribution in [0.1, 0.15) is 33.4 Å². The first-order valence-electron chi connectivity index (χ1n) is 8.63.